The molecule has 1 aromatic carbocycles. The fourth-order valence-electron chi connectivity index (χ4n) is 2.69. The van der Waals surface area contributed by atoms with E-state index >= 15 is 0 Å². The molecule has 4 heteroatoms. The van der Waals surface area contributed by atoms with Crippen LogP contribution in [0.4, 0.5) is 0 Å². The maximum absolute atomic E-state index is 11.6. The third-order valence-electron chi connectivity index (χ3n) is 3.99. The van der Waals surface area contributed by atoms with E-state index in [4.69, 9.17) is 10.00 Å². The largest absolute Gasteiger partial charge is 0.465 e. The number of nitriles is 1. The van der Waals surface area contributed by atoms with Gasteiger partial charge in [0.15, 0.2) is 5.92 Å². The maximum Gasteiger partial charge on any atom is 0.328 e. The molecule has 0 radical (unpaired) electrons. The van der Waals surface area contributed by atoms with Gasteiger partial charge in [0.25, 0.3) is 0 Å². The topological polar surface area (TPSA) is 62.5 Å². The summed E-state index contributed by atoms with van der Waals surface area (Å²) in [5.41, 5.74) is 3.97. The van der Waals surface area contributed by atoms with E-state index in [9.17, 15) is 4.79 Å². The van der Waals surface area contributed by atoms with Gasteiger partial charge < -0.3 is 4.74 Å². The van der Waals surface area contributed by atoms with Gasteiger partial charge in [-0.3, -0.25) is 9.79 Å². The van der Waals surface area contributed by atoms with Gasteiger partial charge in [-0.25, -0.2) is 0 Å². The number of ether oxygens (including phenoxy) is 1. The van der Waals surface area contributed by atoms with Crippen LogP contribution >= 0.6 is 0 Å². The average Bonchev–Trinajstić information content (AvgIpc) is 2.55. The summed E-state index contributed by atoms with van der Waals surface area (Å²) in [6.07, 6.45) is 6.20. The van der Waals surface area contributed by atoms with Crippen LogP contribution in [0, 0.1) is 17.2 Å². The monoisotopic (exact) mass is 298 g/mol. The first kappa shape index (κ1) is 16.2. The lowest BCUT2D eigenvalue weighted by Crippen LogP contribution is -2.17. The number of rotatable bonds is 5. The maximum atomic E-state index is 11.6. The minimum absolute atomic E-state index is 0.0718. The Morgan fingerprint density at radius 1 is 1.41 bits per heavy atom. The molecule has 0 N–H and O–H groups in total. The lowest BCUT2D eigenvalue weighted by atomic mass is 9.89. The molecule has 0 heterocycles. The Morgan fingerprint density at radius 3 is 2.82 bits per heavy atom. The molecule has 0 unspecified atom stereocenters. The lowest BCUT2D eigenvalue weighted by molar-refractivity contribution is -0.143. The highest BCUT2D eigenvalue weighted by Crippen LogP contribution is 2.26. The smallest absolute Gasteiger partial charge is 0.328 e. The van der Waals surface area contributed by atoms with Gasteiger partial charge in [-0.05, 0) is 56.2 Å². The Kier molecular flexibility index (Phi) is 5.71. The second-order valence-corrected chi connectivity index (χ2v) is 5.57. The summed E-state index contributed by atoms with van der Waals surface area (Å²) in [5.74, 6) is -1.47. The number of nitrogens with zero attached hydrogens (tertiary/aromatic N) is 2. The van der Waals surface area contributed by atoms with E-state index in [1.807, 2.05) is 13.0 Å². The summed E-state index contributed by atoms with van der Waals surface area (Å²) in [5, 5.41) is 9.02. The standard InChI is InChI=1S/C18H22N2O2/c1-3-22-18(21)17(11-19)12-20-13(2)15-9-8-14-6-4-5-7-16(14)10-15/h8-10,12-13,17H,3-7H2,1-2H3/t13-,17-/m0/s1. The first-order valence-corrected chi connectivity index (χ1v) is 7.87. The highest BCUT2D eigenvalue weighted by molar-refractivity contribution is 5.92. The molecule has 0 aromatic heterocycles. The Hall–Kier alpha value is -2.15. The van der Waals surface area contributed by atoms with Crippen LogP contribution in [0.25, 0.3) is 0 Å². The molecule has 0 amide bonds. The van der Waals surface area contributed by atoms with Gasteiger partial charge in [-0.1, -0.05) is 18.2 Å². The van der Waals surface area contributed by atoms with Crippen LogP contribution in [0.1, 0.15) is 49.4 Å². The molecule has 0 aliphatic heterocycles. The van der Waals surface area contributed by atoms with Crippen molar-refractivity contribution < 1.29 is 9.53 Å². The zero-order valence-electron chi connectivity index (χ0n) is 13.2. The summed E-state index contributed by atoms with van der Waals surface area (Å²) in [6, 6.07) is 8.34. The van der Waals surface area contributed by atoms with Crippen molar-refractivity contribution >= 4 is 12.2 Å². The average molecular weight is 298 g/mol. The quantitative estimate of drug-likeness (QED) is 0.618. The molecule has 22 heavy (non-hydrogen) atoms. The Bertz CT molecular complexity index is 602. The number of aliphatic imine (C=N–C) groups is 1. The third kappa shape index (κ3) is 3.94. The third-order valence-corrected chi connectivity index (χ3v) is 3.99. The molecule has 1 aromatic rings. The first-order valence-electron chi connectivity index (χ1n) is 7.87. The van der Waals surface area contributed by atoms with Crippen LogP contribution in [0.15, 0.2) is 23.2 Å². The van der Waals surface area contributed by atoms with E-state index in [0.717, 1.165) is 18.4 Å². The van der Waals surface area contributed by atoms with E-state index in [2.05, 4.69) is 23.2 Å². The molecule has 0 saturated carbocycles. The van der Waals surface area contributed by atoms with Crippen LogP contribution in [0.2, 0.25) is 0 Å². The fourth-order valence-corrected chi connectivity index (χ4v) is 2.69. The number of hydrogen-bond donors (Lipinski definition) is 0. The molecular formula is C18H22N2O2. The van der Waals surface area contributed by atoms with Crippen molar-refractivity contribution in [3.05, 3.63) is 34.9 Å². The summed E-state index contributed by atoms with van der Waals surface area (Å²) >= 11 is 0. The molecule has 2 atom stereocenters. The summed E-state index contributed by atoms with van der Waals surface area (Å²) in [4.78, 5) is 15.9. The second kappa shape index (κ2) is 7.74. The minimum atomic E-state index is -0.931. The molecule has 116 valence electrons. The molecule has 2 rings (SSSR count). The molecule has 1 aliphatic rings. The second-order valence-electron chi connectivity index (χ2n) is 5.57. The zero-order valence-corrected chi connectivity index (χ0v) is 13.2. The van der Waals surface area contributed by atoms with Gasteiger partial charge >= 0.3 is 5.97 Å². The molecular weight excluding hydrogens is 276 g/mol. The van der Waals surface area contributed by atoms with Crippen molar-refractivity contribution in [3.8, 4) is 6.07 Å². The van der Waals surface area contributed by atoms with Gasteiger partial charge in [0.1, 0.15) is 0 Å². The van der Waals surface area contributed by atoms with Gasteiger partial charge in [-0.2, -0.15) is 5.26 Å². The lowest BCUT2D eigenvalue weighted by Gasteiger charge is -2.18. The Morgan fingerprint density at radius 2 is 2.14 bits per heavy atom. The van der Waals surface area contributed by atoms with Crippen LogP contribution < -0.4 is 0 Å². The van der Waals surface area contributed by atoms with Crippen LogP contribution in [0.5, 0.6) is 0 Å². The number of esters is 1. The van der Waals surface area contributed by atoms with E-state index in [-0.39, 0.29) is 12.6 Å². The van der Waals surface area contributed by atoms with Crippen LogP contribution in [-0.2, 0) is 22.4 Å². The number of fused-ring (bicyclic) bond motifs is 1. The molecule has 4 nitrogen and oxygen atoms in total. The molecule has 0 spiro atoms. The highest BCUT2D eigenvalue weighted by Gasteiger charge is 2.17. The minimum Gasteiger partial charge on any atom is -0.465 e. The predicted molar refractivity (Wildman–Crippen MR) is 85.7 cm³/mol. The van der Waals surface area contributed by atoms with Crippen molar-refractivity contribution in [2.45, 2.75) is 45.6 Å². The van der Waals surface area contributed by atoms with Crippen molar-refractivity contribution in [2.75, 3.05) is 6.61 Å². The van der Waals surface area contributed by atoms with Crippen molar-refractivity contribution in [3.63, 3.8) is 0 Å². The number of benzene rings is 1. The number of carbonyl (C=O) groups excluding carboxylic acids is 1. The molecule has 1 aliphatic carbocycles. The number of carbonyl (C=O) groups is 1. The normalized spacial score (nSPS) is 16.6. The zero-order chi connectivity index (χ0) is 15.9. The Labute approximate surface area is 131 Å². The van der Waals surface area contributed by atoms with E-state index < -0.39 is 11.9 Å². The number of aryl methyl sites for hydroxylation is 2. The molecule has 0 saturated heterocycles. The predicted octanol–water partition coefficient (Wildman–Crippen LogP) is 3.40. The molecule has 0 bridgehead atoms. The summed E-state index contributed by atoms with van der Waals surface area (Å²) in [7, 11) is 0. The van der Waals surface area contributed by atoms with Gasteiger partial charge in [0, 0.05) is 6.21 Å². The highest BCUT2D eigenvalue weighted by atomic mass is 16.5. The van der Waals surface area contributed by atoms with E-state index in [1.54, 1.807) is 6.92 Å². The van der Waals surface area contributed by atoms with Crippen molar-refractivity contribution in [2.24, 2.45) is 10.9 Å². The van der Waals surface area contributed by atoms with Crippen molar-refractivity contribution in [1.29, 1.82) is 5.26 Å². The number of hydrogen-bond acceptors (Lipinski definition) is 4. The summed E-state index contributed by atoms with van der Waals surface area (Å²) < 4.78 is 4.85. The van der Waals surface area contributed by atoms with Gasteiger partial charge in [-0.15, -0.1) is 0 Å². The SMILES string of the molecule is CCOC(=O)[C@@H](C#N)C=N[C@@H](C)c1ccc2c(c1)CCCC2. The van der Waals surface area contributed by atoms with Crippen LogP contribution in [0.3, 0.4) is 0 Å². The Balaban J connectivity index is 2.08. The van der Waals surface area contributed by atoms with E-state index in [0.29, 0.717) is 0 Å². The summed E-state index contributed by atoms with van der Waals surface area (Å²) in [6.45, 7) is 3.96. The van der Waals surface area contributed by atoms with E-state index in [1.165, 1.54) is 30.2 Å². The first-order chi connectivity index (χ1) is 10.7. The fraction of sp³-hybridized carbons (Fsp3) is 0.500. The molecule has 0 fully saturated rings. The van der Waals surface area contributed by atoms with Gasteiger partial charge in [0.05, 0.1) is 18.7 Å². The van der Waals surface area contributed by atoms with Gasteiger partial charge in [0.2, 0.25) is 0 Å². The van der Waals surface area contributed by atoms with Crippen molar-refractivity contribution in [1.82, 2.24) is 0 Å². The van der Waals surface area contributed by atoms with Crippen LogP contribution in [-0.4, -0.2) is 18.8 Å².